The number of carbonyl (C=O) groups is 2. The molecule has 2 aromatic rings. The van der Waals surface area contributed by atoms with Crippen molar-refractivity contribution in [2.24, 2.45) is 0 Å². The van der Waals surface area contributed by atoms with Crippen LogP contribution in [0.2, 0.25) is 0 Å². The van der Waals surface area contributed by atoms with Crippen molar-refractivity contribution in [2.75, 3.05) is 13.7 Å². The van der Waals surface area contributed by atoms with E-state index in [1.165, 1.54) is 18.0 Å². The molecule has 0 unspecified atom stereocenters. The number of likely N-dealkylation sites (N-methyl/N-ethyl adjacent to an activating group) is 1. The van der Waals surface area contributed by atoms with Crippen molar-refractivity contribution in [3.63, 3.8) is 0 Å². The molecule has 0 aromatic heterocycles. The van der Waals surface area contributed by atoms with Crippen LogP contribution in [-0.2, 0) is 16.1 Å². The summed E-state index contributed by atoms with van der Waals surface area (Å²) in [5.41, 5.74) is 2.53. The van der Waals surface area contributed by atoms with Crippen LogP contribution in [0, 0.1) is 19.7 Å². The summed E-state index contributed by atoms with van der Waals surface area (Å²) < 4.78 is 19.6. The number of nitrogens with one attached hydrogen (secondary N) is 1. The first-order chi connectivity index (χ1) is 12.8. The van der Waals surface area contributed by atoms with Crippen LogP contribution in [0.3, 0.4) is 0 Å². The molecule has 0 radical (unpaired) electrons. The van der Waals surface area contributed by atoms with Crippen molar-refractivity contribution in [1.82, 2.24) is 10.2 Å². The zero-order valence-corrected chi connectivity index (χ0v) is 16.1. The third kappa shape index (κ3) is 5.29. The molecule has 0 saturated heterocycles. The highest BCUT2D eigenvalue weighted by Gasteiger charge is 2.26. The Morgan fingerprint density at radius 2 is 1.85 bits per heavy atom. The van der Waals surface area contributed by atoms with Crippen LogP contribution >= 0.6 is 0 Å². The van der Waals surface area contributed by atoms with Crippen LogP contribution in [0.4, 0.5) is 4.39 Å². The number of halogens is 1. The highest BCUT2D eigenvalue weighted by Crippen LogP contribution is 2.17. The molecule has 27 heavy (non-hydrogen) atoms. The molecule has 0 aliphatic heterocycles. The largest absolute Gasteiger partial charge is 0.484 e. The van der Waals surface area contributed by atoms with Gasteiger partial charge in [-0.05, 0) is 50.1 Å². The SMILES string of the molecule is CNC(=O)[C@@H](C)N(Cc1ccccc1F)C(=O)COc1ccc(C)c(C)c1. The van der Waals surface area contributed by atoms with E-state index >= 15 is 0 Å². The van der Waals surface area contributed by atoms with Crippen molar-refractivity contribution < 1.29 is 18.7 Å². The molecule has 1 atom stereocenters. The molecule has 0 spiro atoms. The summed E-state index contributed by atoms with van der Waals surface area (Å²) in [6.07, 6.45) is 0. The molecule has 2 aromatic carbocycles. The number of ether oxygens (including phenoxy) is 1. The monoisotopic (exact) mass is 372 g/mol. The maximum atomic E-state index is 14.0. The van der Waals surface area contributed by atoms with Gasteiger partial charge in [0, 0.05) is 19.2 Å². The number of carbonyl (C=O) groups excluding carboxylic acids is 2. The molecular formula is C21H25FN2O3. The summed E-state index contributed by atoms with van der Waals surface area (Å²) in [6.45, 7) is 5.30. The predicted octanol–water partition coefficient (Wildman–Crippen LogP) is 2.98. The molecular weight excluding hydrogens is 347 g/mol. The van der Waals surface area contributed by atoms with E-state index in [9.17, 15) is 14.0 Å². The fourth-order valence-electron chi connectivity index (χ4n) is 2.63. The minimum atomic E-state index is -0.759. The van der Waals surface area contributed by atoms with E-state index in [2.05, 4.69) is 5.32 Å². The minimum absolute atomic E-state index is 0.0175. The molecule has 0 aliphatic rings. The Balaban J connectivity index is 2.16. The summed E-state index contributed by atoms with van der Waals surface area (Å²) in [4.78, 5) is 26.1. The summed E-state index contributed by atoms with van der Waals surface area (Å²) >= 11 is 0. The normalized spacial score (nSPS) is 11.6. The lowest BCUT2D eigenvalue weighted by molar-refractivity contribution is -0.142. The summed E-state index contributed by atoms with van der Waals surface area (Å²) in [5.74, 6) is -0.571. The molecule has 6 heteroatoms. The fraction of sp³-hybridized carbons (Fsp3) is 0.333. The molecule has 1 N–H and O–H groups in total. The number of benzene rings is 2. The van der Waals surface area contributed by atoms with Crippen molar-refractivity contribution in [3.8, 4) is 5.75 Å². The first-order valence-corrected chi connectivity index (χ1v) is 8.78. The van der Waals surface area contributed by atoms with Gasteiger partial charge < -0.3 is 15.0 Å². The quantitative estimate of drug-likeness (QED) is 0.813. The van der Waals surface area contributed by atoms with Gasteiger partial charge in [0.2, 0.25) is 5.91 Å². The van der Waals surface area contributed by atoms with Gasteiger partial charge in [0.1, 0.15) is 17.6 Å². The van der Waals surface area contributed by atoms with Gasteiger partial charge in [-0.1, -0.05) is 24.3 Å². The summed E-state index contributed by atoms with van der Waals surface area (Å²) in [7, 11) is 1.50. The Kier molecular flexibility index (Phi) is 6.93. The van der Waals surface area contributed by atoms with Gasteiger partial charge in [-0.25, -0.2) is 4.39 Å². The van der Waals surface area contributed by atoms with Crippen molar-refractivity contribution in [1.29, 1.82) is 0 Å². The van der Waals surface area contributed by atoms with Gasteiger partial charge in [-0.3, -0.25) is 9.59 Å². The second kappa shape index (κ2) is 9.16. The molecule has 5 nitrogen and oxygen atoms in total. The molecule has 144 valence electrons. The van der Waals surface area contributed by atoms with Gasteiger partial charge >= 0.3 is 0 Å². The number of rotatable bonds is 7. The summed E-state index contributed by atoms with van der Waals surface area (Å²) in [6, 6.07) is 11.0. The van der Waals surface area contributed by atoms with Crippen LogP contribution in [0.5, 0.6) is 5.75 Å². The fourth-order valence-corrected chi connectivity index (χ4v) is 2.63. The first-order valence-electron chi connectivity index (χ1n) is 8.78. The Morgan fingerprint density at radius 3 is 2.48 bits per heavy atom. The first kappa shape index (κ1) is 20.4. The van der Waals surface area contributed by atoms with E-state index in [1.54, 1.807) is 31.2 Å². The van der Waals surface area contributed by atoms with Crippen molar-refractivity contribution in [3.05, 3.63) is 65.0 Å². The standard InChI is InChI=1S/C21H25FN2O3/c1-14-9-10-18(11-15(14)2)27-13-20(25)24(16(3)21(26)23-4)12-17-7-5-6-8-19(17)22/h5-11,16H,12-13H2,1-4H3,(H,23,26)/t16-/m1/s1. The molecule has 0 heterocycles. The zero-order chi connectivity index (χ0) is 20.0. The third-order valence-corrected chi connectivity index (χ3v) is 4.55. The minimum Gasteiger partial charge on any atom is -0.484 e. The Morgan fingerprint density at radius 1 is 1.15 bits per heavy atom. The van der Waals surface area contributed by atoms with Gasteiger partial charge in [-0.2, -0.15) is 0 Å². The third-order valence-electron chi connectivity index (χ3n) is 4.55. The average molecular weight is 372 g/mol. The molecule has 0 bridgehead atoms. The second-order valence-electron chi connectivity index (χ2n) is 6.44. The molecule has 2 amide bonds. The number of hydrogen-bond donors (Lipinski definition) is 1. The van der Waals surface area contributed by atoms with Crippen molar-refractivity contribution >= 4 is 11.8 Å². The number of amides is 2. The smallest absolute Gasteiger partial charge is 0.261 e. The van der Waals surface area contributed by atoms with E-state index in [0.717, 1.165) is 11.1 Å². The zero-order valence-electron chi connectivity index (χ0n) is 16.1. The van der Waals surface area contributed by atoms with Gasteiger partial charge in [-0.15, -0.1) is 0 Å². The average Bonchev–Trinajstić information content (AvgIpc) is 2.66. The van der Waals surface area contributed by atoms with E-state index in [-0.39, 0.29) is 19.1 Å². The van der Waals surface area contributed by atoms with E-state index < -0.39 is 17.8 Å². The molecule has 0 fully saturated rings. The lowest BCUT2D eigenvalue weighted by atomic mass is 10.1. The highest BCUT2D eigenvalue weighted by molar-refractivity contribution is 5.87. The number of nitrogens with zero attached hydrogens (tertiary/aromatic N) is 1. The van der Waals surface area contributed by atoms with E-state index in [0.29, 0.717) is 11.3 Å². The molecule has 0 saturated carbocycles. The van der Waals surface area contributed by atoms with Gasteiger partial charge in [0.25, 0.3) is 5.91 Å². The molecule has 0 aliphatic carbocycles. The van der Waals surface area contributed by atoms with Gasteiger partial charge in [0.05, 0.1) is 0 Å². The van der Waals surface area contributed by atoms with Crippen LogP contribution < -0.4 is 10.1 Å². The summed E-state index contributed by atoms with van der Waals surface area (Å²) in [5, 5.41) is 2.52. The van der Waals surface area contributed by atoms with E-state index in [1.807, 2.05) is 26.0 Å². The number of hydrogen-bond acceptors (Lipinski definition) is 3. The van der Waals surface area contributed by atoms with Crippen LogP contribution in [0.1, 0.15) is 23.6 Å². The lowest BCUT2D eigenvalue weighted by Crippen LogP contribution is -2.48. The maximum absolute atomic E-state index is 14.0. The predicted molar refractivity (Wildman–Crippen MR) is 102 cm³/mol. The Hall–Kier alpha value is -2.89. The van der Waals surface area contributed by atoms with Crippen LogP contribution in [0.15, 0.2) is 42.5 Å². The van der Waals surface area contributed by atoms with Crippen LogP contribution in [-0.4, -0.2) is 36.4 Å². The second-order valence-corrected chi connectivity index (χ2v) is 6.44. The maximum Gasteiger partial charge on any atom is 0.261 e. The van der Waals surface area contributed by atoms with E-state index in [4.69, 9.17) is 4.74 Å². The Bertz CT molecular complexity index is 823. The van der Waals surface area contributed by atoms with Crippen molar-refractivity contribution in [2.45, 2.75) is 33.4 Å². The topological polar surface area (TPSA) is 58.6 Å². The van der Waals surface area contributed by atoms with Gasteiger partial charge in [0.15, 0.2) is 6.61 Å². The van der Waals surface area contributed by atoms with Crippen LogP contribution in [0.25, 0.3) is 0 Å². The molecule has 2 rings (SSSR count). The lowest BCUT2D eigenvalue weighted by Gasteiger charge is -2.28. The Labute approximate surface area is 159 Å². The number of aryl methyl sites for hydroxylation is 2. The highest BCUT2D eigenvalue weighted by atomic mass is 19.1.